The zero-order chi connectivity index (χ0) is 24.5. The van der Waals surface area contributed by atoms with Gasteiger partial charge in [0.05, 0.1) is 0 Å². The number of ether oxygens (including phenoxy) is 1. The Hall–Kier alpha value is -2.57. The van der Waals surface area contributed by atoms with Crippen molar-refractivity contribution in [3.8, 4) is 0 Å². The molecule has 1 aromatic rings. The molecule has 1 rings (SSSR count). The molecule has 2 unspecified atom stereocenters. The molecule has 7 heteroatoms. The second kappa shape index (κ2) is 12.5. The number of rotatable bonds is 10. The van der Waals surface area contributed by atoms with E-state index in [-0.39, 0.29) is 11.8 Å². The summed E-state index contributed by atoms with van der Waals surface area (Å²) in [5, 5.41) is 5.60. The van der Waals surface area contributed by atoms with Crippen molar-refractivity contribution in [2.45, 2.75) is 92.3 Å². The Morgan fingerprint density at radius 1 is 1.09 bits per heavy atom. The number of carbonyl (C=O) groups excluding carboxylic acids is 3. The highest BCUT2D eigenvalue weighted by Gasteiger charge is 2.34. The largest absolute Gasteiger partial charge is 0.444 e. The average molecular weight is 448 g/mol. The highest BCUT2D eigenvalue weighted by molar-refractivity contribution is 5.92. The smallest absolute Gasteiger partial charge is 0.408 e. The second-order valence-corrected chi connectivity index (χ2v) is 9.25. The van der Waals surface area contributed by atoms with Gasteiger partial charge in [-0.2, -0.15) is 0 Å². The summed E-state index contributed by atoms with van der Waals surface area (Å²) in [6.07, 6.45) is 2.31. The molecule has 2 atom stereocenters. The van der Waals surface area contributed by atoms with Crippen LogP contribution >= 0.6 is 0 Å². The highest BCUT2D eigenvalue weighted by Crippen LogP contribution is 2.26. The van der Waals surface area contributed by atoms with Crippen LogP contribution in [0.4, 0.5) is 4.79 Å². The van der Waals surface area contributed by atoms with Crippen molar-refractivity contribution in [3.63, 3.8) is 0 Å². The number of likely N-dealkylation sites (N-methyl/N-ethyl adjacent to an activating group) is 1. The molecule has 0 aliphatic carbocycles. The van der Waals surface area contributed by atoms with Crippen LogP contribution < -0.4 is 10.6 Å². The number of nitrogens with one attached hydrogen (secondary N) is 2. The Balaban J connectivity index is 3.18. The first-order valence-corrected chi connectivity index (χ1v) is 11.6. The predicted octanol–water partition coefficient (Wildman–Crippen LogP) is 4.41. The van der Waals surface area contributed by atoms with Crippen molar-refractivity contribution in [2.24, 2.45) is 0 Å². The van der Waals surface area contributed by atoms with E-state index in [0.717, 1.165) is 36.0 Å². The molecule has 0 aromatic heterocycles. The molecule has 0 spiro atoms. The molecule has 0 aliphatic heterocycles. The van der Waals surface area contributed by atoms with Crippen LogP contribution in [0.3, 0.4) is 0 Å². The molecule has 0 saturated heterocycles. The maximum absolute atomic E-state index is 13.3. The number of benzene rings is 1. The summed E-state index contributed by atoms with van der Waals surface area (Å²) in [7, 11) is 0. The third-order valence-corrected chi connectivity index (χ3v) is 5.10. The van der Waals surface area contributed by atoms with Gasteiger partial charge in [0.15, 0.2) is 0 Å². The molecule has 32 heavy (non-hydrogen) atoms. The van der Waals surface area contributed by atoms with Crippen LogP contribution in [0, 0.1) is 13.8 Å². The Bertz CT molecular complexity index is 786. The lowest BCUT2D eigenvalue weighted by atomic mass is 9.96. The van der Waals surface area contributed by atoms with Crippen LogP contribution in [0.2, 0.25) is 0 Å². The molecule has 7 nitrogen and oxygen atoms in total. The van der Waals surface area contributed by atoms with E-state index in [4.69, 9.17) is 4.74 Å². The quantitative estimate of drug-likeness (QED) is 0.520. The number of hydrogen-bond donors (Lipinski definition) is 2. The van der Waals surface area contributed by atoms with Crippen molar-refractivity contribution in [1.82, 2.24) is 15.5 Å². The van der Waals surface area contributed by atoms with E-state index in [1.54, 1.807) is 27.7 Å². The van der Waals surface area contributed by atoms with E-state index in [2.05, 4.69) is 17.6 Å². The molecule has 2 N–H and O–H groups in total. The van der Waals surface area contributed by atoms with Gasteiger partial charge >= 0.3 is 6.09 Å². The van der Waals surface area contributed by atoms with Gasteiger partial charge < -0.3 is 20.3 Å². The predicted molar refractivity (Wildman–Crippen MR) is 127 cm³/mol. The summed E-state index contributed by atoms with van der Waals surface area (Å²) in [5.74, 6) is -0.553. The molecule has 0 saturated carbocycles. The maximum atomic E-state index is 13.3. The van der Waals surface area contributed by atoms with Crippen LogP contribution in [-0.2, 0) is 14.3 Å². The monoisotopic (exact) mass is 447 g/mol. The topological polar surface area (TPSA) is 87.7 Å². The van der Waals surface area contributed by atoms with E-state index in [1.165, 1.54) is 4.90 Å². The average Bonchev–Trinajstić information content (AvgIpc) is 2.69. The number of nitrogens with zero attached hydrogens (tertiary/aromatic N) is 1. The van der Waals surface area contributed by atoms with Crippen LogP contribution in [0.5, 0.6) is 0 Å². The third-order valence-electron chi connectivity index (χ3n) is 5.10. The first-order chi connectivity index (χ1) is 14.9. The third kappa shape index (κ3) is 8.52. The van der Waals surface area contributed by atoms with Crippen molar-refractivity contribution < 1.29 is 19.1 Å². The lowest BCUT2D eigenvalue weighted by Gasteiger charge is -2.33. The lowest BCUT2D eigenvalue weighted by molar-refractivity contribution is -0.142. The summed E-state index contributed by atoms with van der Waals surface area (Å²) in [6.45, 7) is 15.6. The first-order valence-electron chi connectivity index (χ1n) is 11.6. The van der Waals surface area contributed by atoms with Crippen LogP contribution in [0.15, 0.2) is 18.2 Å². The van der Waals surface area contributed by atoms with Gasteiger partial charge in [0.25, 0.3) is 0 Å². The van der Waals surface area contributed by atoms with Crippen molar-refractivity contribution >= 4 is 17.9 Å². The zero-order valence-corrected chi connectivity index (χ0v) is 21.0. The second-order valence-electron chi connectivity index (χ2n) is 9.25. The van der Waals surface area contributed by atoms with E-state index < -0.39 is 23.8 Å². The summed E-state index contributed by atoms with van der Waals surface area (Å²) < 4.78 is 5.28. The minimum absolute atomic E-state index is 0.213. The molecule has 0 bridgehead atoms. The Morgan fingerprint density at radius 3 is 2.31 bits per heavy atom. The van der Waals surface area contributed by atoms with Crippen molar-refractivity contribution in [3.05, 3.63) is 34.9 Å². The van der Waals surface area contributed by atoms with Crippen molar-refractivity contribution in [1.29, 1.82) is 0 Å². The van der Waals surface area contributed by atoms with E-state index in [9.17, 15) is 14.4 Å². The zero-order valence-electron chi connectivity index (χ0n) is 21.0. The fourth-order valence-electron chi connectivity index (χ4n) is 3.45. The number of amides is 3. The number of hydrogen-bond acceptors (Lipinski definition) is 4. The van der Waals surface area contributed by atoms with Gasteiger partial charge in [0, 0.05) is 13.1 Å². The summed E-state index contributed by atoms with van der Waals surface area (Å²) in [6, 6.07) is 4.28. The number of alkyl carbamates (subject to hydrolysis) is 1. The molecule has 0 aliphatic rings. The highest BCUT2D eigenvalue weighted by atomic mass is 16.6. The molecular weight excluding hydrogens is 406 g/mol. The maximum Gasteiger partial charge on any atom is 0.408 e. The molecule has 3 amide bonds. The fourth-order valence-corrected chi connectivity index (χ4v) is 3.45. The van der Waals surface area contributed by atoms with Gasteiger partial charge in [-0.3, -0.25) is 9.59 Å². The van der Waals surface area contributed by atoms with Gasteiger partial charge in [-0.15, -0.1) is 0 Å². The lowest BCUT2D eigenvalue weighted by Crippen LogP contribution is -2.52. The van der Waals surface area contributed by atoms with Gasteiger partial charge in [0.1, 0.15) is 17.7 Å². The van der Waals surface area contributed by atoms with Gasteiger partial charge in [0.2, 0.25) is 11.8 Å². The Morgan fingerprint density at radius 2 is 1.75 bits per heavy atom. The SMILES string of the molecule is CCCCCNC(=O)C(c1cc(C)ccc1C)N(CC)C(=O)C(C)NC(=O)OC(C)(C)C. The molecular formula is C25H41N3O4. The van der Waals surface area contributed by atoms with Crippen molar-refractivity contribution in [2.75, 3.05) is 13.1 Å². The van der Waals surface area contributed by atoms with Crippen LogP contribution in [-0.4, -0.2) is 47.5 Å². The molecule has 1 aromatic carbocycles. The minimum atomic E-state index is -0.842. The number of unbranched alkanes of at least 4 members (excludes halogenated alkanes) is 2. The van der Waals surface area contributed by atoms with Crippen LogP contribution in [0.25, 0.3) is 0 Å². The Labute approximate surface area is 193 Å². The van der Waals surface area contributed by atoms with Gasteiger partial charge in [-0.05, 0) is 66.0 Å². The molecule has 0 radical (unpaired) electrons. The molecule has 0 heterocycles. The summed E-state index contributed by atoms with van der Waals surface area (Å²) >= 11 is 0. The van der Waals surface area contributed by atoms with Gasteiger partial charge in [-0.25, -0.2) is 4.79 Å². The van der Waals surface area contributed by atoms with E-state index >= 15 is 0 Å². The van der Waals surface area contributed by atoms with Gasteiger partial charge in [-0.1, -0.05) is 43.5 Å². The first kappa shape index (κ1) is 27.5. The number of carbonyl (C=O) groups is 3. The standard InChI is InChI=1S/C25H41N3O4/c1-9-11-12-15-26-22(29)21(20-16-17(3)13-14-18(20)4)28(10-2)23(30)19(5)27-24(31)32-25(6,7)8/h13-14,16,19,21H,9-12,15H2,1-8H3,(H,26,29)(H,27,31). The fraction of sp³-hybridized carbons (Fsp3) is 0.640. The molecule has 0 fully saturated rings. The molecule has 180 valence electrons. The van der Waals surface area contributed by atoms with E-state index in [0.29, 0.717) is 13.1 Å². The minimum Gasteiger partial charge on any atom is -0.444 e. The number of aryl methyl sites for hydroxylation is 2. The normalized spacial score (nSPS) is 13.1. The summed E-state index contributed by atoms with van der Waals surface area (Å²) in [4.78, 5) is 40.3. The van der Waals surface area contributed by atoms with E-state index in [1.807, 2.05) is 39.0 Å². The Kier molecular flexibility index (Phi) is 10.7. The van der Waals surface area contributed by atoms with Crippen LogP contribution in [0.1, 0.15) is 83.5 Å². The summed E-state index contributed by atoms with van der Waals surface area (Å²) in [5.41, 5.74) is 2.07.